The summed E-state index contributed by atoms with van der Waals surface area (Å²) in [7, 11) is 1.88. The fourth-order valence-corrected chi connectivity index (χ4v) is 1.43. The number of hydrogen-bond acceptors (Lipinski definition) is 1. The summed E-state index contributed by atoms with van der Waals surface area (Å²) in [6, 6.07) is 0. The van der Waals surface area contributed by atoms with E-state index < -0.39 is 0 Å². The van der Waals surface area contributed by atoms with Gasteiger partial charge in [-0.2, -0.15) is 0 Å². The van der Waals surface area contributed by atoms with Gasteiger partial charge >= 0.3 is 0 Å². The Labute approximate surface area is 87.7 Å². The molecule has 1 N–H and O–H groups in total. The van der Waals surface area contributed by atoms with E-state index in [9.17, 15) is 0 Å². The predicted molar refractivity (Wildman–Crippen MR) is 62.9 cm³/mol. The van der Waals surface area contributed by atoms with Crippen LogP contribution in [0, 0.1) is 11.8 Å². The van der Waals surface area contributed by atoms with Gasteiger partial charge in [-0.05, 0) is 24.1 Å². The molecule has 0 fully saturated rings. The SMILES string of the molecule is CNC(=S)N(CC(C)C)CC(C)C. The summed E-state index contributed by atoms with van der Waals surface area (Å²) in [5.74, 6) is 1.31. The lowest BCUT2D eigenvalue weighted by Crippen LogP contribution is -2.42. The minimum Gasteiger partial charge on any atom is -0.366 e. The summed E-state index contributed by atoms with van der Waals surface area (Å²) in [5.41, 5.74) is 0. The summed E-state index contributed by atoms with van der Waals surface area (Å²) in [6.07, 6.45) is 0. The molecule has 0 aliphatic rings. The predicted octanol–water partition coefficient (Wildman–Crippen LogP) is 2.10. The standard InChI is InChI=1S/C10H22N2S/c1-8(2)6-12(7-9(3)4)10(13)11-5/h8-9H,6-7H2,1-5H3,(H,11,13). The van der Waals surface area contributed by atoms with Crippen molar-refractivity contribution in [2.45, 2.75) is 27.7 Å². The van der Waals surface area contributed by atoms with Crippen molar-refractivity contribution in [1.29, 1.82) is 0 Å². The van der Waals surface area contributed by atoms with Crippen molar-refractivity contribution in [2.24, 2.45) is 11.8 Å². The van der Waals surface area contributed by atoms with Crippen molar-refractivity contribution in [3.05, 3.63) is 0 Å². The molecule has 0 radical (unpaired) electrons. The highest BCUT2D eigenvalue weighted by Crippen LogP contribution is 2.03. The van der Waals surface area contributed by atoms with E-state index in [-0.39, 0.29) is 0 Å². The van der Waals surface area contributed by atoms with Crippen LogP contribution in [0.5, 0.6) is 0 Å². The molecule has 0 aromatic heterocycles. The molecule has 0 aliphatic heterocycles. The lowest BCUT2D eigenvalue weighted by molar-refractivity contribution is 0.326. The van der Waals surface area contributed by atoms with E-state index in [1.54, 1.807) is 0 Å². The smallest absolute Gasteiger partial charge is 0.168 e. The second-order valence-electron chi connectivity index (χ2n) is 4.25. The van der Waals surface area contributed by atoms with Crippen molar-refractivity contribution in [3.63, 3.8) is 0 Å². The molecule has 13 heavy (non-hydrogen) atoms. The lowest BCUT2D eigenvalue weighted by atomic mass is 10.1. The molecule has 0 rings (SSSR count). The third-order valence-electron chi connectivity index (χ3n) is 1.67. The first kappa shape index (κ1) is 12.7. The zero-order chi connectivity index (χ0) is 10.4. The van der Waals surface area contributed by atoms with Crippen LogP contribution in [0.25, 0.3) is 0 Å². The highest BCUT2D eigenvalue weighted by atomic mass is 32.1. The van der Waals surface area contributed by atoms with E-state index >= 15 is 0 Å². The second kappa shape index (κ2) is 6.19. The summed E-state index contributed by atoms with van der Waals surface area (Å²) in [5, 5.41) is 3.90. The Bertz CT molecular complexity index is 145. The second-order valence-corrected chi connectivity index (χ2v) is 4.63. The Kier molecular flexibility index (Phi) is 6.04. The Balaban J connectivity index is 4.10. The van der Waals surface area contributed by atoms with E-state index in [1.807, 2.05) is 7.05 Å². The lowest BCUT2D eigenvalue weighted by Gasteiger charge is -2.28. The fraction of sp³-hybridized carbons (Fsp3) is 0.900. The zero-order valence-corrected chi connectivity index (χ0v) is 10.2. The van der Waals surface area contributed by atoms with Crippen LogP contribution in [0.2, 0.25) is 0 Å². The van der Waals surface area contributed by atoms with Gasteiger partial charge in [-0.25, -0.2) is 0 Å². The van der Waals surface area contributed by atoms with Gasteiger partial charge in [0.15, 0.2) is 5.11 Å². The molecule has 0 aromatic carbocycles. The van der Waals surface area contributed by atoms with E-state index in [4.69, 9.17) is 12.2 Å². The minimum atomic E-state index is 0.657. The monoisotopic (exact) mass is 202 g/mol. The number of nitrogens with one attached hydrogen (secondary N) is 1. The topological polar surface area (TPSA) is 15.3 Å². The van der Waals surface area contributed by atoms with E-state index in [1.165, 1.54) is 0 Å². The number of nitrogens with zero attached hydrogens (tertiary/aromatic N) is 1. The largest absolute Gasteiger partial charge is 0.366 e. The maximum absolute atomic E-state index is 5.23. The molecule has 78 valence electrons. The van der Waals surface area contributed by atoms with Gasteiger partial charge in [-0.3, -0.25) is 0 Å². The summed E-state index contributed by atoms with van der Waals surface area (Å²) in [4.78, 5) is 2.24. The Morgan fingerprint density at radius 2 is 1.54 bits per heavy atom. The molecular formula is C10H22N2S. The first-order valence-corrected chi connectivity index (χ1v) is 5.34. The zero-order valence-electron chi connectivity index (χ0n) is 9.42. The molecule has 2 nitrogen and oxygen atoms in total. The van der Waals surface area contributed by atoms with Crippen molar-refractivity contribution < 1.29 is 0 Å². The molecule has 0 aromatic rings. The molecule has 0 saturated heterocycles. The molecule has 0 spiro atoms. The molecule has 0 amide bonds. The van der Waals surface area contributed by atoms with Crippen LogP contribution in [-0.2, 0) is 0 Å². The minimum absolute atomic E-state index is 0.657. The normalized spacial score (nSPS) is 10.7. The molecule has 0 aliphatic carbocycles. The number of rotatable bonds is 4. The maximum atomic E-state index is 5.23. The van der Waals surface area contributed by atoms with Crippen LogP contribution in [-0.4, -0.2) is 30.1 Å². The molecule has 0 atom stereocenters. The van der Waals surface area contributed by atoms with Gasteiger partial charge in [-0.1, -0.05) is 27.7 Å². The average Bonchev–Trinajstić information content (AvgIpc) is 2.00. The van der Waals surface area contributed by atoms with E-state index in [2.05, 4.69) is 37.9 Å². The molecular weight excluding hydrogens is 180 g/mol. The average molecular weight is 202 g/mol. The number of hydrogen-bond donors (Lipinski definition) is 1. The third-order valence-corrected chi connectivity index (χ3v) is 2.13. The molecule has 0 heterocycles. The molecule has 0 saturated carbocycles. The van der Waals surface area contributed by atoms with Crippen LogP contribution < -0.4 is 5.32 Å². The van der Waals surface area contributed by atoms with Crippen molar-refractivity contribution >= 4 is 17.3 Å². The summed E-state index contributed by atoms with van der Waals surface area (Å²) >= 11 is 5.23. The van der Waals surface area contributed by atoms with Crippen LogP contribution in [0.3, 0.4) is 0 Å². The summed E-state index contributed by atoms with van der Waals surface area (Å²) < 4.78 is 0. The van der Waals surface area contributed by atoms with Gasteiger partial charge < -0.3 is 10.2 Å². The van der Waals surface area contributed by atoms with Gasteiger partial charge in [0, 0.05) is 20.1 Å². The molecule has 3 heteroatoms. The first-order chi connectivity index (χ1) is 5.97. The molecule has 0 bridgehead atoms. The van der Waals surface area contributed by atoms with E-state index in [0.717, 1.165) is 18.2 Å². The van der Waals surface area contributed by atoms with Gasteiger partial charge in [-0.15, -0.1) is 0 Å². The van der Waals surface area contributed by atoms with Crippen LogP contribution >= 0.6 is 12.2 Å². The van der Waals surface area contributed by atoms with Crippen molar-refractivity contribution in [2.75, 3.05) is 20.1 Å². The van der Waals surface area contributed by atoms with Crippen molar-refractivity contribution in [3.8, 4) is 0 Å². The summed E-state index contributed by atoms with van der Waals surface area (Å²) in [6.45, 7) is 10.9. The Morgan fingerprint density at radius 1 is 1.15 bits per heavy atom. The van der Waals surface area contributed by atoms with Gasteiger partial charge in [0.05, 0.1) is 0 Å². The number of thiocarbonyl (C=S) groups is 1. The van der Waals surface area contributed by atoms with Gasteiger partial charge in [0.25, 0.3) is 0 Å². The fourth-order valence-electron chi connectivity index (χ4n) is 1.28. The Morgan fingerprint density at radius 3 is 1.77 bits per heavy atom. The van der Waals surface area contributed by atoms with Gasteiger partial charge in [0.1, 0.15) is 0 Å². The van der Waals surface area contributed by atoms with Gasteiger partial charge in [0.2, 0.25) is 0 Å². The highest BCUT2D eigenvalue weighted by molar-refractivity contribution is 7.80. The maximum Gasteiger partial charge on any atom is 0.168 e. The van der Waals surface area contributed by atoms with Crippen LogP contribution in [0.4, 0.5) is 0 Å². The first-order valence-electron chi connectivity index (χ1n) is 4.94. The van der Waals surface area contributed by atoms with Crippen LogP contribution in [0.15, 0.2) is 0 Å². The van der Waals surface area contributed by atoms with Crippen LogP contribution in [0.1, 0.15) is 27.7 Å². The molecule has 0 unspecified atom stereocenters. The highest BCUT2D eigenvalue weighted by Gasteiger charge is 2.11. The van der Waals surface area contributed by atoms with E-state index in [0.29, 0.717) is 11.8 Å². The third kappa shape index (κ3) is 5.86. The quantitative estimate of drug-likeness (QED) is 0.703. The van der Waals surface area contributed by atoms with Crippen molar-refractivity contribution in [1.82, 2.24) is 10.2 Å². The Hall–Kier alpha value is -0.310.